The summed E-state index contributed by atoms with van der Waals surface area (Å²) in [6, 6.07) is 3.60. The minimum absolute atomic E-state index is 0.116. The zero-order valence-corrected chi connectivity index (χ0v) is 16.1. The average Bonchev–Trinajstić information content (AvgIpc) is 3.17. The molecule has 1 unspecified atom stereocenters. The predicted octanol–water partition coefficient (Wildman–Crippen LogP) is 3.03. The Morgan fingerprint density at radius 1 is 1.31 bits per heavy atom. The maximum Gasteiger partial charge on any atom is 0.359 e. The number of carbonyl (C=O) groups is 2. The number of hydrogen-bond donors (Lipinski definition) is 1. The molecule has 7 nitrogen and oxygen atoms in total. The lowest BCUT2D eigenvalue weighted by atomic mass is 10.1. The highest BCUT2D eigenvalue weighted by molar-refractivity contribution is 6.00. The van der Waals surface area contributed by atoms with E-state index in [-0.39, 0.29) is 24.1 Å². The molecule has 0 bridgehead atoms. The second-order valence-electron chi connectivity index (χ2n) is 6.49. The van der Waals surface area contributed by atoms with Gasteiger partial charge < -0.3 is 14.0 Å². The summed E-state index contributed by atoms with van der Waals surface area (Å²) in [5.74, 6) is -0.829. The van der Waals surface area contributed by atoms with Gasteiger partial charge in [0.25, 0.3) is 0 Å². The van der Waals surface area contributed by atoms with Crippen molar-refractivity contribution >= 4 is 11.8 Å². The van der Waals surface area contributed by atoms with Crippen LogP contribution in [0.1, 0.15) is 64.2 Å². The number of aromatic nitrogens is 3. The number of Topliss-reactive ketones (excluding diaryl/α,β-unsaturated/α-hetero) is 1. The molecule has 0 aliphatic carbocycles. The fourth-order valence-electron chi connectivity index (χ4n) is 3.20. The molecule has 26 heavy (non-hydrogen) atoms. The van der Waals surface area contributed by atoms with Gasteiger partial charge in [-0.25, -0.2) is 4.79 Å². The molecule has 0 spiro atoms. The minimum atomic E-state index is -0.599. The van der Waals surface area contributed by atoms with Gasteiger partial charge >= 0.3 is 5.97 Å². The third kappa shape index (κ3) is 4.40. The molecule has 1 N–H and O–H groups in total. The molecular weight excluding hydrogens is 334 g/mol. The first-order chi connectivity index (χ1) is 12.4. The Morgan fingerprint density at radius 2 is 2.04 bits per heavy atom. The molecule has 7 heteroatoms. The van der Waals surface area contributed by atoms with Gasteiger partial charge in [0.05, 0.1) is 12.6 Å². The molecule has 0 aromatic carbocycles. The Hall–Kier alpha value is -2.41. The van der Waals surface area contributed by atoms with Crippen molar-refractivity contribution in [1.82, 2.24) is 14.8 Å². The van der Waals surface area contributed by atoms with Gasteiger partial charge in [-0.15, -0.1) is 0 Å². The highest BCUT2D eigenvalue weighted by Crippen LogP contribution is 2.21. The molecule has 1 atom stereocenters. The second kappa shape index (κ2) is 8.80. The summed E-state index contributed by atoms with van der Waals surface area (Å²) in [6.07, 6.45) is 1.76. The summed E-state index contributed by atoms with van der Waals surface area (Å²) >= 11 is 0. The molecule has 0 saturated carbocycles. The van der Waals surface area contributed by atoms with Crippen LogP contribution < -0.4 is 0 Å². The summed E-state index contributed by atoms with van der Waals surface area (Å²) in [5.41, 5.74) is 3.45. The van der Waals surface area contributed by atoms with Gasteiger partial charge in [-0.1, -0.05) is 13.3 Å². The number of ether oxygens (including phenoxy) is 2. The van der Waals surface area contributed by atoms with Gasteiger partial charge in [-0.3, -0.25) is 9.89 Å². The fraction of sp³-hybridized carbons (Fsp3) is 0.526. The van der Waals surface area contributed by atoms with Crippen molar-refractivity contribution < 1.29 is 19.1 Å². The molecule has 0 radical (unpaired) electrons. The van der Waals surface area contributed by atoms with Crippen molar-refractivity contribution in [2.45, 2.75) is 46.6 Å². The summed E-state index contributed by atoms with van der Waals surface area (Å²) in [7, 11) is 1.65. The molecule has 2 aromatic rings. The van der Waals surface area contributed by atoms with Crippen molar-refractivity contribution in [3.63, 3.8) is 0 Å². The smallest absolute Gasteiger partial charge is 0.359 e. The molecular formula is C19H27N3O4. The lowest BCUT2D eigenvalue weighted by Gasteiger charge is -2.17. The predicted molar refractivity (Wildman–Crippen MR) is 97.7 cm³/mol. The van der Waals surface area contributed by atoms with E-state index in [9.17, 15) is 9.59 Å². The van der Waals surface area contributed by atoms with Crippen LogP contribution in [0.3, 0.4) is 0 Å². The van der Waals surface area contributed by atoms with Gasteiger partial charge in [-0.2, -0.15) is 5.10 Å². The second-order valence-corrected chi connectivity index (χ2v) is 6.49. The Morgan fingerprint density at radius 3 is 2.69 bits per heavy atom. The first-order valence-corrected chi connectivity index (χ1v) is 8.81. The molecule has 0 saturated heterocycles. The summed E-state index contributed by atoms with van der Waals surface area (Å²) in [6.45, 7) is 8.15. The van der Waals surface area contributed by atoms with Gasteiger partial charge in [0, 0.05) is 29.8 Å². The van der Waals surface area contributed by atoms with E-state index in [0.29, 0.717) is 12.2 Å². The van der Waals surface area contributed by atoms with Crippen LogP contribution in [0.25, 0.3) is 0 Å². The SMILES string of the molecule is CCCc1cc(C(=O)OCC(=O)c2cc(C)n(C(C)COC)c2C)n[nH]1. The number of hydrogen-bond acceptors (Lipinski definition) is 5. The largest absolute Gasteiger partial charge is 0.453 e. The number of nitrogens with zero attached hydrogens (tertiary/aromatic N) is 2. The monoisotopic (exact) mass is 361 g/mol. The third-order valence-electron chi connectivity index (χ3n) is 4.33. The third-order valence-corrected chi connectivity index (χ3v) is 4.33. The number of aryl methyl sites for hydroxylation is 2. The highest BCUT2D eigenvalue weighted by Gasteiger charge is 2.20. The Kier molecular flexibility index (Phi) is 6.74. The van der Waals surface area contributed by atoms with Crippen LogP contribution >= 0.6 is 0 Å². The fourth-order valence-corrected chi connectivity index (χ4v) is 3.20. The number of esters is 1. The number of carbonyl (C=O) groups excluding carboxylic acids is 2. The zero-order chi connectivity index (χ0) is 19.3. The molecule has 142 valence electrons. The van der Waals surface area contributed by atoms with E-state index in [1.54, 1.807) is 13.2 Å². The van der Waals surface area contributed by atoms with Crippen LogP contribution in [0.15, 0.2) is 12.1 Å². The van der Waals surface area contributed by atoms with Crippen LogP contribution in [-0.4, -0.2) is 46.8 Å². The molecule has 0 aliphatic heterocycles. The first-order valence-electron chi connectivity index (χ1n) is 8.81. The van der Waals surface area contributed by atoms with Crippen LogP contribution in [0.4, 0.5) is 0 Å². The van der Waals surface area contributed by atoms with Crippen LogP contribution in [-0.2, 0) is 15.9 Å². The topological polar surface area (TPSA) is 86.2 Å². The number of methoxy groups -OCH3 is 1. The lowest BCUT2D eigenvalue weighted by Crippen LogP contribution is -2.17. The van der Waals surface area contributed by atoms with Gasteiger partial charge in [0.2, 0.25) is 5.78 Å². The molecule has 0 amide bonds. The van der Waals surface area contributed by atoms with E-state index in [1.807, 2.05) is 33.8 Å². The molecule has 2 rings (SSSR count). The summed E-state index contributed by atoms with van der Waals surface area (Å²) in [5, 5.41) is 6.74. The van der Waals surface area contributed by atoms with Crippen molar-refractivity contribution in [3.8, 4) is 0 Å². The Bertz CT molecular complexity index is 776. The van der Waals surface area contributed by atoms with Gasteiger partial charge in [0.15, 0.2) is 12.3 Å². The quantitative estimate of drug-likeness (QED) is 0.548. The zero-order valence-electron chi connectivity index (χ0n) is 16.1. The Balaban J connectivity index is 2.03. The van der Waals surface area contributed by atoms with E-state index in [2.05, 4.69) is 14.8 Å². The van der Waals surface area contributed by atoms with Gasteiger partial charge in [0.1, 0.15) is 0 Å². The van der Waals surface area contributed by atoms with Crippen molar-refractivity contribution in [2.24, 2.45) is 0 Å². The van der Waals surface area contributed by atoms with Crippen molar-refractivity contribution in [2.75, 3.05) is 20.3 Å². The summed E-state index contributed by atoms with van der Waals surface area (Å²) in [4.78, 5) is 24.6. The number of rotatable bonds is 9. The van der Waals surface area contributed by atoms with Crippen LogP contribution in [0.2, 0.25) is 0 Å². The number of nitrogens with one attached hydrogen (secondary N) is 1. The molecule has 0 fully saturated rings. The highest BCUT2D eigenvalue weighted by atomic mass is 16.5. The lowest BCUT2D eigenvalue weighted by molar-refractivity contribution is 0.0468. The van der Waals surface area contributed by atoms with Gasteiger partial charge in [-0.05, 0) is 39.3 Å². The van der Waals surface area contributed by atoms with E-state index >= 15 is 0 Å². The van der Waals surface area contributed by atoms with E-state index < -0.39 is 5.97 Å². The van der Waals surface area contributed by atoms with E-state index in [1.165, 1.54) is 0 Å². The van der Waals surface area contributed by atoms with Crippen LogP contribution in [0, 0.1) is 13.8 Å². The maximum absolute atomic E-state index is 12.5. The standard InChI is InChI=1S/C19H27N3O4/c1-6-7-15-9-17(21-20-15)19(24)26-11-18(23)16-8-12(2)22(14(16)4)13(3)10-25-5/h8-9,13H,6-7,10-11H2,1-5H3,(H,20,21). The van der Waals surface area contributed by atoms with Crippen molar-refractivity contribution in [3.05, 3.63) is 40.5 Å². The first kappa shape index (κ1) is 19.9. The number of ketones is 1. The minimum Gasteiger partial charge on any atom is -0.453 e. The van der Waals surface area contributed by atoms with E-state index in [0.717, 1.165) is 29.9 Å². The Labute approximate surface area is 153 Å². The number of aromatic amines is 1. The van der Waals surface area contributed by atoms with E-state index in [4.69, 9.17) is 9.47 Å². The molecule has 2 heterocycles. The summed E-state index contributed by atoms with van der Waals surface area (Å²) < 4.78 is 12.4. The maximum atomic E-state index is 12.5. The molecule has 2 aromatic heterocycles. The van der Waals surface area contributed by atoms with Crippen LogP contribution in [0.5, 0.6) is 0 Å². The molecule has 0 aliphatic rings. The van der Waals surface area contributed by atoms with Crippen molar-refractivity contribution in [1.29, 1.82) is 0 Å². The average molecular weight is 361 g/mol. The normalized spacial score (nSPS) is 12.2. The number of H-pyrrole nitrogens is 1.